The molecule has 2 aromatic rings. The predicted molar refractivity (Wildman–Crippen MR) is 67.2 cm³/mol. The van der Waals surface area contributed by atoms with E-state index in [0.29, 0.717) is 5.22 Å². The van der Waals surface area contributed by atoms with E-state index in [1.165, 1.54) is 11.8 Å². The van der Waals surface area contributed by atoms with Crippen molar-refractivity contribution >= 4 is 11.8 Å². The second-order valence-corrected chi connectivity index (χ2v) is 4.99. The van der Waals surface area contributed by atoms with Crippen molar-refractivity contribution in [3.8, 4) is 0 Å². The van der Waals surface area contributed by atoms with Gasteiger partial charge in [-0.25, -0.2) is 4.98 Å². The number of oxazole rings is 1. The largest absolute Gasteiger partial charge is 0.436 e. The van der Waals surface area contributed by atoms with Gasteiger partial charge in [0.05, 0.1) is 11.8 Å². The van der Waals surface area contributed by atoms with Crippen molar-refractivity contribution in [2.24, 2.45) is 0 Å². The van der Waals surface area contributed by atoms with Gasteiger partial charge in [0.25, 0.3) is 5.22 Å². The van der Waals surface area contributed by atoms with Crippen molar-refractivity contribution in [1.82, 2.24) is 4.98 Å². The smallest absolute Gasteiger partial charge is 0.260 e. The molecule has 0 radical (unpaired) electrons. The first-order chi connectivity index (χ1) is 8.06. The van der Waals surface area contributed by atoms with Crippen LogP contribution in [0.25, 0.3) is 0 Å². The summed E-state index contributed by atoms with van der Waals surface area (Å²) in [6, 6.07) is 7.74. The van der Waals surface area contributed by atoms with Gasteiger partial charge in [0.2, 0.25) is 0 Å². The number of rotatable bonds is 3. The third kappa shape index (κ3) is 2.90. The summed E-state index contributed by atoms with van der Waals surface area (Å²) in [6.07, 6.45) is -0.430. The van der Waals surface area contributed by atoms with E-state index in [-0.39, 0.29) is 0 Å². The highest BCUT2D eigenvalue weighted by atomic mass is 32.2. The number of aromatic nitrogens is 1. The Labute approximate surface area is 105 Å². The quantitative estimate of drug-likeness (QED) is 0.904. The second-order valence-electron chi connectivity index (χ2n) is 3.97. The molecule has 0 amide bonds. The van der Waals surface area contributed by atoms with Crippen LogP contribution < -0.4 is 0 Å². The van der Waals surface area contributed by atoms with Gasteiger partial charge in [0, 0.05) is 4.90 Å². The molecule has 0 unspecified atom stereocenters. The van der Waals surface area contributed by atoms with Gasteiger partial charge in [0.15, 0.2) is 0 Å². The van der Waals surface area contributed by atoms with Crippen molar-refractivity contribution in [2.75, 3.05) is 0 Å². The van der Waals surface area contributed by atoms with E-state index in [9.17, 15) is 5.11 Å². The summed E-state index contributed by atoms with van der Waals surface area (Å²) in [5, 5.41) is 10.1. The number of hydrogen-bond acceptors (Lipinski definition) is 4. The topological polar surface area (TPSA) is 46.3 Å². The molecule has 0 aliphatic heterocycles. The van der Waals surface area contributed by atoms with Crippen LogP contribution in [0.3, 0.4) is 0 Å². The monoisotopic (exact) mass is 249 g/mol. The van der Waals surface area contributed by atoms with E-state index >= 15 is 0 Å². The number of aryl methyl sites for hydroxylation is 2. The van der Waals surface area contributed by atoms with Crippen LogP contribution in [0.15, 0.2) is 38.8 Å². The maximum absolute atomic E-state index is 9.41. The molecule has 3 nitrogen and oxygen atoms in total. The molecule has 90 valence electrons. The van der Waals surface area contributed by atoms with E-state index in [0.717, 1.165) is 21.9 Å². The minimum absolute atomic E-state index is 0.430. The Kier molecular flexibility index (Phi) is 3.54. The Balaban J connectivity index is 2.13. The van der Waals surface area contributed by atoms with E-state index in [1.54, 1.807) is 6.92 Å². The molecule has 1 N–H and O–H groups in total. The normalized spacial score (nSPS) is 12.7. The molecule has 0 aliphatic carbocycles. The van der Waals surface area contributed by atoms with Crippen LogP contribution in [-0.4, -0.2) is 10.1 Å². The van der Waals surface area contributed by atoms with Crippen molar-refractivity contribution in [3.05, 3.63) is 41.3 Å². The standard InChI is InChI=1S/C13H15NO2S/c1-8-10(3)16-13(14-8)17-12-6-4-11(5-7-12)9(2)15/h4-7,9,15H,1-3H3/t9-/m0/s1. The number of aliphatic hydroxyl groups is 1. The summed E-state index contributed by atoms with van der Waals surface area (Å²) >= 11 is 1.48. The fraction of sp³-hybridized carbons (Fsp3) is 0.308. The van der Waals surface area contributed by atoms with Crippen LogP contribution in [0.4, 0.5) is 0 Å². The van der Waals surface area contributed by atoms with Crippen LogP contribution in [-0.2, 0) is 0 Å². The van der Waals surface area contributed by atoms with Crippen molar-refractivity contribution in [3.63, 3.8) is 0 Å². The van der Waals surface area contributed by atoms with Crippen LogP contribution in [0, 0.1) is 13.8 Å². The molecule has 1 aromatic carbocycles. The van der Waals surface area contributed by atoms with Crippen LogP contribution in [0.1, 0.15) is 30.0 Å². The van der Waals surface area contributed by atoms with E-state index in [1.807, 2.05) is 38.1 Å². The third-order valence-corrected chi connectivity index (χ3v) is 3.43. The van der Waals surface area contributed by atoms with Crippen molar-refractivity contribution < 1.29 is 9.52 Å². The average molecular weight is 249 g/mol. The highest BCUT2D eigenvalue weighted by molar-refractivity contribution is 7.99. The summed E-state index contributed by atoms with van der Waals surface area (Å²) in [4.78, 5) is 5.36. The van der Waals surface area contributed by atoms with Gasteiger partial charge in [-0.3, -0.25) is 0 Å². The maximum atomic E-state index is 9.41. The van der Waals surface area contributed by atoms with Gasteiger partial charge in [0.1, 0.15) is 5.76 Å². The van der Waals surface area contributed by atoms with E-state index < -0.39 is 6.10 Å². The van der Waals surface area contributed by atoms with Crippen LogP contribution in [0.2, 0.25) is 0 Å². The number of hydrogen-bond donors (Lipinski definition) is 1. The highest BCUT2D eigenvalue weighted by Gasteiger charge is 2.07. The van der Waals surface area contributed by atoms with Gasteiger partial charge >= 0.3 is 0 Å². The summed E-state index contributed by atoms with van der Waals surface area (Å²) < 4.78 is 5.50. The average Bonchev–Trinajstić information content (AvgIpc) is 2.58. The molecule has 0 fully saturated rings. The molecule has 4 heteroatoms. The Hall–Kier alpha value is -1.26. The fourth-order valence-corrected chi connectivity index (χ4v) is 2.23. The number of aliphatic hydroxyl groups excluding tert-OH is 1. The Morgan fingerprint density at radius 2 is 1.88 bits per heavy atom. The summed E-state index contributed by atoms with van der Waals surface area (Å²) in [5.41, 5.74) is 1.84. The SMILES string of the molecule is Cc1nc(Sc2ccc([C@H](C)O)cc2)oc1C. The molecule has 1 heterocycles. The minimum Gasteiger partial charge on any atom is -0.436 e. The molecule has 2 rings (SSSR count). The molecule has 0 saturated heterocycles. The lowest BCUT2D eigenvalue weighted by Gasteiger charge is -2.04. The van der Waals surface area contributed by atoms with Gasteiger partial charge < -0.3 is 9.52 Å². The van der Waals surface area contributed by atoms with Crippen LogP contribution >= 0.6 is 11.8 Å². The molecule has 1 aromatic heterocycles. The highest BCUT2D eigenvalue weighted by Crippen LogP contribution is 2.29. The lowest BCUT2D eigenvalue weighted by atomic mass is 10.1. The van der Waals surface area contributed by atoms with Gasteiger partial charge in [-0.1, -0.05) is 12.1 Å². The zero-order valence-corrected chi connectivity index (χ0v) is 10.9. The molecule has 0 saturated carbocycles. The molecular weight excluding hydrogens is 234 g/mol. The summed E-state index contributed by atoms with van der Waals surface area (Å²) in [6.45, 7) is 5.59. The molecule has 1 atom stereocenters. The Bertz CT molecular complexity index is 483. The summed E-state index contributed by atoms with van der Waals surface area (Å²) in [5.74, 6) is 0.855. The van der Waals surface area contributed by atoms with Gasteiger partial charge in [-0.05, 0) is 50.2 Å². The summed E-state index contributed by atoms with van der Waals surface area (Å²) in [7, 11) is 0. The van der Waals surface area contributed by atoms with Crippen molar-refractivity contribution in [2.45, 2.75) is 37.0 Å². The first kappa shape index (κ1) is 12.2. The Morgan fingerprint density at radius 1 is 1.24 bits per heavy atom. The van der Waals surface area contributed by atoms with Crippen molar-refractivity contribution in [1.29, 1.82) is 0 Å². The molecule has 0 bridgehead atoms. The predicted octanol–water partition coefficient (Wildman–Crippen LogP) is 3.50. The van der Waals surface area contributed by atoms with Gasteiger partial charge in [-0.2, -0.15) is 0 Å². The lowest BCUT2D eigenvalue weighted by molar-refractivity contribution is 0.199. The van der Waals surface area contributed by atoms with Crippen LogP contribution in [0.5, 0.6) is 0 Å². The first-order valence-electron chi connectivity index (χ1n) is 5.46. The second kappa shape index (κ2) is 4.94. The maximum Gasteiger partial charge on any atom is 0.260 e. The zero-order chi connectivity index (χ0) is 12.4. The first-order valence-corrected chi connectivity index (χ1v) is 6.28. The number of nitrogens with zero attached hydrogens (tertiary/aromatic N) is 1. The van der Waals surface area contributed by atoms with E-state index in [4.69, 9.17) is 4.42 Å². The molecular formula is C13H15NO2S. The molecule has 0 spiro atoms. The zero-order valence-electron chi connectivity index (χ0n) is 10.1. The third-order valence-electron chi connectivity index (χ3n) is 2.58. The lowest BCUT2D eigenvalue weighted by Crippen LogP contribution is -1.89. The fourth-order valence-electron chi connectivity index (χ4n) is 1.40. The Morgan fingerprint density at radius 3 is 2.35 bits per heavy atom. The molecule has 0 aliphatic rings. The van der Waals surface area contributed by atoms with Gasteiger partial charge in [-0.15, -0.1) is 0 Å². The molecule has 17 heavy (non-hydrogen) atoms. The van der Waals surface area contributed by atoms with E-state index in [2.05, 4.69) is 4.98 Å². The number of benzene rings is 1. The minimum atomic E-state index is -0.430.